The van der Waals surface area contributed by atoms with Gasteiger partial charge in [-0.15, -0.1) is 0 Å². The summed E-state index contributed by atoms with van der Waals surface area (Å²) in [5.41, 5.74) is 2.17. The third kappa shape index (κ3) is 3.13. The van der Waals surface area contributed by atoms with E-state index in [2.05, 4.69) is 0 Å². The monoisotopic (exact) mass is 500 g/mol. The molecule has 3 aliphatic rings. The lowest BCUT2D eigenvalue weighted by atomic mass is 9.55. The molecule has 1 aromatic carbocycles. The smallest absolute Gasteiger partial charge is 0.255 e. The quantitative estimate of drug-likeness (QED) is 0.326. The van der Waals surface area contributed by atoms with E-state index in [1.807, 2.05) is 20.8 Å². The van der Waals surface area contributed by atoms with Crippen molar-refractivity contribution in [2.75, 3.05) is 19.0 Å². The number of primary amides is 1. The minimum Gasteiger partial charge on any atom is -0.508 e. The van der Waals surface area contributed by atoms with E-state index >= 15 is 0 Å². The topological polar surface area (TPSA) is 182 Å². The van der Waals surface area contributed by atoms with E-state index in [-0.39, 0.29) is 11.3 Å². The predicted molar refractivity (Wildman–Crippen MR) is 131 cm³/mol. The number of carbonyl (C=O) groups is 3. The number of Topliss-reactive ketones (excluding diaryl/α,β-unsaturated/α-hetero) is 2. The first-order chi connectivity index (χ1) is 16.5. The van der Waals surface area contributed by atoms with E-state index < -0.39 is 81.4 Å². The fourth-order valence-electron chi connectivity index (χ4n) is 6.06. The van der Waals surface area contributed by atoms with Gasteiger partial charge < -0.3 is 36.2 Å². The largest absolute Gasteiger partial charge is 0.508 e. The molecule has 3 aliphatic carbocycles. The zero-order valence-corrected chi connectivity index (χ0v) is 21.1. The molecular weight excluding hydrogens is 468 g/mol. The van der Waals surface area contributed by atoms with Crippen molar-refractivity contribution >= 4 is 28.9 Å². The summed E-state index contributed by atoms with van der Waals surface area (Å²) in [5.74, 6) is -8.69. The van der Waals surface area contributed by atoms with Gasteiger partial charge in [0.05, 0.1) is 11.7 Å². The number of carbonyl (C=O) groups excluding carboxylic acids is 3. The first-order valence-corrected chi connectivity index (χ1v) is 11.7. The van der Waals surface area contributed by atoms with Crippen molar-refractivity contribution in [2.24, 2.45) is 17.6 Å². The maximum Gasteiger partial charge on any atom is 0.255 e. The van der Waals surface area contributed by atoms with Gasteiger partial charge in [-0.3, -0.25) is 14.4 Å². The second-order valence-corrected chi connectivity index (χ2v) is 11.2. The van der Waals surface area contributed by atoms with E-state index in [1.54, 1.807) is 32.0 Å². The van der Waals surface area contributed by atoms with Crippen LogP contribution in [0.3, 0.4) is 0 Å². The number of phenols is 1. The summed E-state index contributed by atoms with van der Waals surface area (Å²) in [6, 6.07) is 1.80. The van der Waals surface area contributed by atoms with E-state index in [0.717, 1.165) is 0 Å². The molecule has 1 aromatic rings. The van der Waals surface area contributed by atoms with Gasteiger partial charge in [-0.2, -0.15) is 0 Å². The lowest BCUT2D eigenvalue weighted by Crippen LogP contribution is -2.64. The van der Waals surface area contributed by atoms with Crippen molar-refractivity contribution in [1.82, 2.24) is 0 Å². The van der Waals surface area contributed by atoms with Crippen LogP contribution in [0.25, 0.3) is 5.76 Å². The molecule has 1 fully saturated rings. The minimum absolute atomic E-state index is 0.00189. The second-order valence-electron chi connectivity index (χ2n) is 11.2. The Labute approximate surface area is 208 Å². The highest BCUT2D eigenvalue weighted by Gasteiger charge is 2.65. The SMILES string of the molecule is C[C@H]1c2c(N(C)C)cc(C(C)(C)C)c(O)c2C(O)=C2C(=O)[C@]3(O)C(O)=C(C(N)=O)C(=O)C[C@@H]3[C@@H](O)[C@@H]21. The molecule has 7 N–H and O–H groups in total. The van der Waals surface area contributed by atoms with Gasteiger partial charge in [0.15, 0.2) is 11.4 Å². The average molecular weight is 501 g/mol. The van der Waals surface area contributed by atoms with Crippen LogP contribution in [-0.2, 0) is 19.8 Å². The highest BCUT2D eigenvalue weighted by molar-refractivity contribution is 6.23. The number of rotatable bonds is 2. The Morgan fingerprint density at radius 2 is 1.75 bits per heavy atom. The number of ketones is 2. The number of aliphatic hydroxyl groups excluding tert-OH is 3. The molecule has 5 atom stereocenters. The normalized spacial score (nSPS) is 30.1. The summed E-state index contributed by atoms with van der Waals surface area (Å²) in [5, 5.41) is 56.3. The van der Waals surface area contributed by atoms with Crippen LogP contribution in [0.2, 0.25) is 0 Å². The second kappa shape index (κ2) is 7.81. The zero-order chi connectivity index (χ0) is 27.2. The number of fused-ring (bicyclic) bond motifs is 3. The van der Waals surface area contributed by atoms with Crippen molar-refractivity contribution < 1.29 is 39.9 Å². The molecule has 10 heteroatoms. The van der Waals surface area contributed by atoms with E-state index in [4.69, 9.17) is 5.73 Å². The summed E-state index contributed by atoms with van der Waals surface area (Å²) >= 11 is 0. The van der Waals surface area contributed by atoms with Crippen LogP contribution in [0, 0.1) is 11.8 Å². The molecule has 0 aromatic heterocycles. The molecular formula is C26H32N2O8. The van der Waals surface area contributed by atoms with Crippen LogP contribution >= 0.6 is 0 Å². The molecule has 0 saturated heterocycles. The van der Waals surface area contributed by atoms with Crippen LogP contribution in [0.5, 0.6) is 5.75 Å². The van der Waals surface area contributed by atoms with Crippen LogP contribution < -0.4 is 10.6 Å². The van der Waals surface area contributed by atoms with Gasteiger partial charge in [0.1, 0.15) is 22.8 Å². The first-order valence-electron chi connectivity index (χ1n) is 11.7. The molecule has 0 heterocycles. The number of nitrogens with zero attached hydrogens (tertiary/aromatic N) is 1. The number of aliphatic hydroxyl groups is 4. The molecule has 4 rings (SSSR count). The fourth-order valence-corrected chi connectivity index (χ4v) is 6.06. The van der Waals surface area contributed by atoms with Gasteiger partial charge in [-0.25, -0.2) is 0 Å². The van der Waals surface area contributed by atoms with E-state index in [0.29, 0.717) is 16.8 Å². The minimum atomic E-state index is -2.85. The van der Waals surface area contributed by atoms with Crippen molar-refractivity contribution in [1.29, 1.82) is 0 Å². The van der Waals surface area contributed by atoms with E-state index in [9.17, 15) is 39.9 Å². The number of aromatic hydroxyl groups is 1. The first kappa shape index (κ1) is 25.7. The highest BCUT2D eigenvalue weighted by Crippen LogP contribution is 2.58. The molecule has 1 saturated carbocycles. The Kier molecular flexibility index (Phi) is 5.58. The Morgan fingerprint density at radius 1 is 1.17 bits per heavy atom. The number of anilines is 1. The Morgan fingerprint density at radius 3 is 2.25 bits per heavy atom. The van der Waals surface area contributed by atoms with Crippen LogP contribution in [0.4, 0.5) is 5.69 Å². The molecule has 36 heavy (non-hydrogen) atoms. The summed E-state index contributed by atoms with van der Waals surface area (Å²) in [7, 11) is 3.58. The molecule has 0 unspecified atom stereocenters. The Hall–Kier alpha value is -3.37. The van der Waals surface area contributed by atoms with Gasteiger partial charge in [0, 0.05) is 49.2 Å². The molecule has 194 valence electrons. The van der Waals surface area contributed by atoms with Gasteiger partial charge in [-0.1, -0.05) is 27.7 Å². The van der Waals surface area contributed by atoms with Crippen LogP contribution in [0.15, 0.2) is 23.0 Å². The fraction of sp³-hybridized carbons (Fsp3) is 0.500. The number of hydrogen-bond donors (Lipinski definition) is 6. The van der Waals surface area contributed by atoms with Crippen LogP contribution in [0.1, 0.15) is 56.7 Å². The van der Waals surface area contributed by atoms with Crippen molar-refractivity contribution in [3.05, 3.63) is 39.7 Å². The highest BCUT2D eigenvalue weighted by atomic mass is 16.4. The maximum atomic E-state index is 13.8. The molecule has 0 radical (unpaired) electrons. The Balaban J connectivity index is 2.09. The number of benzene rings is 1. The predicted octanol–water partition coefficient (Wildman–Crippen LogP) is 1.32. The van der Waals surface area contributed by atoms with E-state index in [1.165, 1.54) is 0 Å². The number of phenolic OH excluding ortho intramolecular Hbond substituents is 1. The molecule has 0 aliphatic heterocycles. The lowest BCUT2D eigenvalue weighted by molar-refractivity contribution is -0.160. The van der Waals surface area contributed by atoms with Crippen molar-refractivity contribution in [2.45, 2.75) is 57.2 Å². The molecule has 0 bridgehead atoms. The molecule has 10 nitrogen and oxygen atoms in total. The number of amides is 1. The standard InChI is InChI=1S/C26H32N2O8/c1-9-14-12(28(5)6)7-10(25(2,3)4)19(30)17(14)21(32)18-15(9)20(31)11-8-13(29)16(24(27)35)22(33)26(11,36)23(18)34/h7,9,11,15,20,30-33,36H,8H2,1-6H3,(H2,27,35)/t9-,11+,15+,20+,26+/m0/s1. The van der Waals surface area contributed by atoms with Gasteiger partial charge in [0.2, 0.25) is 5.78 Å². The number of nitrogens with two attached hydrogens (primary N) is 1. The third-order valence-electron chi connectivity index (χ3n) is 7.86. The lowest BCUT2D eigenvalue weighted by Gasteiger charge is -2.50. The Bertz CT molecular complexity index is 1290. The third-order valence-corrected chi connectivity index (χ3v) is 7.86. The summed E-state index contributed by atoms with van der Waals surface area (Å²) in [6.45, 7) is 7.35. The van der Waals surface area contributed by atoms with Gasteiger partial charge in [0.25, 0.3) is 5.91 Å². The molecule has 0 spiro atoms. The summed E-state index contributed by atoms with van der Waals surface area (Å²) in [4.78, 5) is 40.0. The van der Waals surface area contributed by atoms with Crippen molar-refractivity contribution in [3.63, 3.8) is 0 Å². The van der Waals surface area contributed by atoms with Crippen molar-refractivity contribution in [3.8, 4) is 5.75 Å². The molecule has 1 amide bonds. The van der Waals surface area contributed by atoms with Crippen LogP contribution in [-0.4, -0.2) is 68.8 Å². The van der Waals surface area contributed by atoms with Gasteiger partial charge >= 0.3 is 0 Å². The maximum absolute atomic E-state index is 13.8. The summed E-state index contributed by atoms with van der Waals surface area (Å²) in [6.07, 6.45) is -2.17. The number of hydrogen-bond acceptors (Lipinski definition) is 9. The summed E-state index contributed by atoms with van der Waals surface area (Å²) < 4.78 is 0. The van der Waals surface area contributed by atoms with Gasteiger partial charge in [-0.05, 0) is 23.0 Å². The zero-order valence-electron chi connectivity index (χ0n) is 21.1. The average Bonchev–Trinajstić information content (AvgIpc) is 2.75.